The monoisotopic (exact) mass is 305 g/mol. The van der Waals surface area contributed by atoms with Gasteiger partial charge in [0.15, 0.2) is 0 Å². The smallest absolute Gasteiger partial charge is 0.224 e. The molecular formula is C16H20ClN3O. The van der Waals surface area contributed by atoms with Gasteiger partial charge in [0.05, 0.1) is 23.3 Å². The number of halogens is 1. The number of carbonyl (C=O) groups is 1. The van der Waals surface area contributed by atoms with Gasteiger partial charge in [0, 0.05) is 24.9 Å². The average molecular weight is 306 g/mol. The SMILES string of the molecule is C[C@H]1CCCN(C(=O)CCn2ncc3c(Cl)cccc32)C1. The third-order valence-corrected chi connectivity index (χ3v) is 4.51. The summed E-state index contributed by atoms with van der Waals surface area (Å²) < 4.78 is 1.87. The van der Waals surface area contributed by atoms with E-state index in [4.69, 9.17) is 11.6 Å². The van der Waals surface area contributed by atoms with E-state index in [1.807, 2.05) is 27.8 Å². The number of likely N-dealkylation sites (tertiary alicyclic amines) is 1. The molecule has 1 aromatic heterocycles. The summed E-state index contributed by atoms with van der Waals surface area (Å²) in [6.45, 7) is 4.61. The molecule has 0 N–H and O–H groups in total. The van der Waals surface area contributed by atoms with Crippen LogP contribution in [0.15, 0.2) is 24.4 Å². The highest BCUT2D eigenvalue weighted by Gasteiger charge is 2.20. The van der Waals surface area contributed by atoms with Crippen molar-refractivity contribution in [3.8, 4) is 0 Å². The molecule has 2 heterocycles. The lowest BCUT2D eigenvalue weighted by Crippen LogP contribution is -2.39. The molecule has 4 nitrogen and oxygen atoms in total. The summed E-state index contributed by atoms with van der Waals surface area (Å²) in [6, 6.07) is 5.76. The second kappa shape index (κ2) is 6.06. The predicted molar refractivity (Wildman–Crippen MR) is 84.3 cm³/mol. The van der Waals surface area contributed by atoms with Crippen molar-refractivity contribution < 1.29 is 4.79 Å². The minimum Gasteiger partial charge on any atom is -0.342 e. The van der Waals surface area contributed by atoms with Crippen LogP contribution in [0.1, 0.15) is 26.2 Å². The maximum Gasteiger partial charge on any atom is 0.224 e. The number of aromatic nitrogens is 2. The van der Waals surface area contributed by atoms with Crippen LogP contribution in [0.2, 0.25) is 5.02 Å². The Labute approximate surface area is 129 Å². The van der Waals surface area contributed by atoms with E-state index in [1.165, 1.54) is 6.42 Å². The first-order valence-electron chi connectivity index (χ1n) is 7.53. The highest BCUT2D eigenvalue weighted by molar-refractivity contribution is 6.35. The molecule has 0 radical (unpaired) electrons. The van der Waals surface area contributed by atoms with Gasteiger partial charge in [0.2, 0.25) is 5.91 Å². The molecule has 0 unspecified atom stereocenters. The Morgan fingerprint density at radius 1 is 1.48 bits per heavy atom. The molecular weight excluding hydrogens is 286 g/mol. The fraction of sp³-hybridized carbons (Fsp3) is 0.500. The van der Waals surface area contributed by atoms with Crippen LogP contribution >= 0.6 is 11.6 Å². The first-order chi connectivity index (χ1) is 10.1. The van der Waals surface area contributed by atoms with Crippen molar-refractivity contribution in [1.29, 1.82) is 0 Å². The van der Waals surface area contributed by atoms with E-state index in [2.05, 4.69) is 12.0 Å². The molecule has 21 heavy (non-hydrogen) atoms. The Bertz CT molecular complexity index is 652. The molecule has 1 aliphatic heterocycles. The summed E-state index contributed by atoms with van der Waals surface area (Å²) in [7, 11) is 0. The summed E-state index contributed by atoms with van der Waals surface area (Å²) in [4.78, 5) is 14.3. The van der Waals surface area contributed by atoms with Crippen molar-refractivity contribution >= 4 is 28.4 Å². The first kappa shape index (κ1) is 14.4. The standard InChI is InChI=1S/C16H20ClN3O/c1-12-4-3-8-19(11-12)16(21)7-9-20-15-6-2-5-14(17)13(15)10-18-20/h2,5-6,10,12H,3-4,7-9,11H2,1H3/t12-/m0/s1. The normalized spacial score (nSPS) is 19.1. The summed E-state index contributed by atoms with van der Waals surface area (Å²) >= 11 is 6.14. The summed E-state index contributed by atoms with van der Waals surface area (Å²) in [5.41, 5.74) is 0.988. The van der Waals surface area contributed by atoms with Gasteiger partial charge in [-0.15, -0.1) is 0 Å². The maximum atomic E-state index is 12.3. The van der Waals surface area contributed by atoms with Crippen molar-refractivity contribution in [1.82, 2.24) is 14.7 Å². The van der Waals surface area contributed by atoms with Crippen molar-refractivity contribution in [3.05, 3.63) is 29.4 Å². The number of benzene rings is 1. The average Bonchev–Trinajstić information content (AvgIpc) is 2.89. The number of nitrogens with zero attached hydrogens (tertiary/aromatic N) is 3. The van der Waals surface area contributed by atoms with E-state index in [0.717, 1.165) is 30.4 Å². The number of carbonyl (C=O) groups excluding carboxylic acids is 1. The predicted octanol–water partition coefficient (Wildman–Crippen LogP) is 3.34. The topological polar surface area (TPSA) is 38.1 Å². The molecule has 0 aliphatic carbocycles. The van der Waals surface area contributed by atoms with Crippen molar-refractivity contribution in [2.24, 2.45) is 5.92 Å². The van der Waals surface area contributed by atoms with Gasteiger partial charge < -0.3 is 4.90 Å². The lowest BCUT2D eigenvalue weighted by atomic mass is 10.00. The fourth-order valence-corrected chi connectivity index (χ4v) is 3.24. The van der Waals surface area contributed by atoms with Crippen LogP contribution in [0.25, 0.3) is 10.9 Å². The summed E-state index contributed by atoms with van der Waals surface area (Å²) in [5.74, 6) is 0.847. The minimum absolute atomic E-state index is 0.229. The van der Waals surface area contributed by atoms with E-state index >= 15 is 0 Å². The van der Waals surface area contributed by atoms with Crippen molar-refractivity contribution in [2.75, 3.05) is 13.1 Å². The molecule has 0 spiro atoms. The van der Waals surface area contributed by atoms with E-state index < -0.39 is 0 Å². The third-order valence-electron chi connectivity index (χ3n) is 4.18. The van der Waals surface area contributed by atoms with E-state index in [-0.39, 0.29) is 5.91 Å². The molecule has 0 saturated carbocycles. The number of aryl methyl sites for hydroxylation is 1. The molecule has 112 valence electrons. The lowest BCUT2D eigenvalue weighted by molar-refractivity contribution is -0.133. The molecule has 1 saturated heterocycles. The number of fused-ring (bicyclic) bond motifs is 1. The fourth-order valence-electron chi connectivity index (χ4n) is 3.02. The first-order valence-corrected chi connectivity index (χ1v) is 7.91. The Hall–Kier alpha value is -1.55. The van der Waals surface area contributed by atoms with Gasteiger partial charge in [0.1, 0.15) is 0 Å². The molecule has 1 atom stereocenters. The molecule has 1 fully saturated rings. The number of hydrogen-bond donors (Lipinski definition) is 0. The summed E-state index contributed by atoms with van der Waals surface area (Å²) in [5, 5.41) is 6.00. The van der Waals surface area contributed by atoms with Crippen LogP contribution < -0.4 is 0 Å². The molecule has 1 aliphatic rings. The number of amides is 1. The second-order valence-corrected chi connectivity index (χ2v) is 6.28. The molecule has 1 aromatic carbocycles. The van der Waals surface area contributed by atoms with Gasteiger partial charge in [-0.1, -0.05) is 24.6 Å². The highest BCUT2D eigenvalue weighted by Crippen LogP contribution is 2.23. The Morgan fingerprint density at radius 3 is 3.14 bits per heavy atom. The van der Waals surface area contributed by atoms with Gasteiger partial charge >= 0.3 is 0 Å². The minimum atomic E-state index is 0.229. The number of hydrogen-bond acceptors (Lipinski definition) is 2. The highest BCUT2D eigenvalue weighted by atomic mass is 35.5. The van der Waals surface area contributed by atoms with Crippen LogP contribution in [0.3, 0.4) is 0 Å². The summed E-state index contributed by atoms with van der Waals surface area (Å²) in [6.07, 6.45) is 4.61. The van der Waals surface area contributed by atoms with Crippen LogP contribution in [-0.4, -0.2) is 33.7 Å². The number of rotatable bonds is 3. The van der Waals surface area contributed by atoms with Gasteiger partial charge in [-0.25, -0.2) is 0 Å². The Balaban J connectivity index is 1.66. The van der Waals surface area contributed by atoms with Crippen molar-refractivity contribution in [2.45, 2.75) is 32.7 Å². The van der Waals surface area contributed by atoms with Crippen LogP contribution in [0, 0.1) is 5.92 Å². The largest absolute Gasteiger partial charge is 0.342 e. The molecule has 5 heteroatoms. The molecule has 2 aromatic rings. The van der Waals surface area contributed by atoms with Crippen LogP contribution in [-0.2, 0) is 11.3 Å². The molecule has 3 rings (SSSR count). The lowest BCUT2D eigenvalue weighted by Gasteiger charge is -2.31. The van der Waals surface area contributed by atoms with Crippen LogP contribution in [0.5, 0.6) is 0 Å². The van der Waals surface area contributed by atoms with Gasteiger partial charge in [-0.05, 0) is 30.9 Å². The Morgan fingerprint density at radius 2 is 2.33 bits per heavy atom. The zero-order valence-corrected chi connectivity index (χ0v) is 13.0. The van der Waals surface area contributed by atoms with Gasteiger partial charge in [-0.2, -0.15) is 5.10 Å². The second-order valence-electron chi connectivity index (χ2n) is 5.88. The third kappa shape index (κ3) is 3.05. The number of piperidine rings is 1. The van der Waals surface area contributed by atoms with E-state index in [1.54, 1.807) is 6.20 Å². The van der Waals surface area contributed by atoms with E-state index in [9.17, 15) is 4.79 Å². The molecule has 0 bridgehead atoms. The van der Waals surface area contributed by atoms with Crippen LogP contribution in [0.4, 0.5) is 0 Å². The van der Waals surface area contributed by atoms with Crippen molar-refractivity contribution in [3.63, 3.8) is 0 Å². The van der Waals surface area contributed by atoms with E-state index in [0.29, 0.717) is 23.9 Å². The van der Waals surface area contributed by atoms with Gasteiger partial charge in [-0.3, -0.25) is 9.48 Å². The Kier molecular flexibility index (Phi) is 4.15. The van der Waals surface area contributed by atoms with Gasteiger partial charge in [0.25, 0.3) is 0 Å². The molecule has 1 amide bonds. The quantitative estimate of drug-likeness (QED) is 0.872. The zero-order valence-electron chi connectivity index (χ0n) is 12.3. The maximum absolute atomic E-state index is 12.3. The zero-order chi connectivity index (χ0) is 14.8.